The normalized spacial score (nSPS) is 10.2. The first-order chi connectivity index (χ1) is 7.49. The molecule has 1 aromatic carbocycles. The largest absolute Gasteiger partial charge is 0.480 e. The zero-order valence-electron chi connectivity index (χ0n) is 9.82. The lowest BCUT2D eigenvalue weighted by molar-refractivity contribution is -0.149. The number of rotatable bonds is 4. The standard InChI is InChI=1S/C12H17NO3/c1-8(2)16-12(14)7-15-11-6-9(3)4-5-10(11)13/h4-6,8H,7,13H2,1-3H3. The summed E-state index contributed by atoms with van der Waals surface area (Å²) in [4.78, 5) is 11.2. The van der Waals surface area contributed by atoms with Gasteiger partial charge in [0.1, 0.15) is 5.75 Å². The number of ether oxygens (including phenoxy) is 2. The maximum absolute atomic E-state index is 11.2. The molecule has 4 nitrogen and oxygen atoms in total. The van der Waals surface area contributed by atoms with Crippen molar-refractivity contribution in [2.24, 2.45) is 0 Å². The minimum Gasteiger partial charge on any atom is -0.480 e. The van der Waals surface area contributed by atoms with Crippen molar-refractivity contribution in [3.8, 4) is 5.75 Å². The highest BCUT2D eigenvalue weighted by Gasteiger charge is 2.08. The summed E-state index contributed by atoms with van der Waals surface area (Å²) in [6.07, 6.45) is -0.133. The van der Waals surface area contributed by atoms with Gasteiger partial charge in [0.15, 0.2) is 6.61 Å². The Labute approximate surface area is 95.3 Å². The van der Waals surface area contributed by atoms with Crippen LogP contribution in [0.1, 0.15) is 19.4 Å². The van der Waals surface area contributed by atoms with E-state index in [-0.39, 0.29) is 12.7 Å². The number of hydrogen-bond acceptors (Lipinski definition) is 4. The zero-order chi connectivity index (χ0) is 12.1. The number of benzene rings is 1. The summed E-state index contributed by atoms with van der Waals surface area (Å²) in [6, 6.07) is 5.42. The van der Waals surface area contributed by atoms with Crippen LogP contribution in [0.2, 0.25) is 0 Å². The van der Waals surface area contributed by atoms with Crippen molar-refractivity contribution in [2.45, 2.75) is 26.9 Å². The molecular weight excluding hydrogens is 206 g/mol. The first-order valence-electron chi connectivity index (χ1n) is 5.17. The fourth-order valence-corrected chi connectivity index (χ4v) is 1.20. The van der Waals surface area contributed by atoms with Crippen molar-refractivity contribution < 1.29 is 14.3 Å². The summed E-state index contributed by atoms with van der Waals surface area (Å²) in [5, 5.41) is 0. The Balaban J connectivity index is 2.54. The van der Waals surface area contributed by atoms with Crippen molar-refractivity contribution in [3.63, 3.8) is 0 Å². The maximum Gasteiger partial charge on any atom is 0.344 e. The number of nitrogen functional groups attached to an aromatic ring is 1. The van der Waals surface area contributed by atoms with E-state index in [1.165, 1.54) is 0 Å². The molecule has 0 atom stereocenters. The van der Waals surface area contributed by atoms with E-state index in [0.29, 0.717) is 11.4 Å². The Kier molecular flexibility index (Phi) is 4.17. The lowest BCUT2D eigenvalue weighted by atomic mass is 10.2. The van der Waals surface area contributed by atoms with Crippen molar-refractivity contribution >= 4 is 11.7 Å². The number of anilines is 1. The first-order valence-corrected chi connectivity index (χ1v) is 5.17. The molecule has 1 rings (SSSR count). The van der Waals surface area contributed by atoms with Crippen LogP contribution in [0.4, 0.5) is 5.69 Å². The molecule has 0 aliphatic heterocycles. The summed E-state index contributed by atoms with van der Waals surface area (Å²) in [5.41, 5.74) is 7.25. The Morgan fingerprint density at radius 1 is 1.44 bits per heavy atom. The van der Waals surface area contributed by atoms with Gasteiger partial charge >= 0.3 is 5.97 Å². The highest BCUT2D eigenvalue weighted by atomic mass is 16.6. The second-order valence-electron chi connectivity index (χ2n) is 3.87. The highest BCUT2D eigenvalue weighted by molar-refractivity contribution is 5.71. The molecule has 0 aliphatic carbocycles. The monoisotopic (exact) mass is 223 g/mol. The van der Waals surface area contributed by atoms with Crippen LogP contribution in [0.25, 0.3) is 0 Å². The zero-order valence-corrected chi connectivity index (χ0v) is 9.82. The summed E-state index contributed by atoms with van der Waals surface area (Å²) in [5.74, 6) is 0.122. The van der Waals surface area contributed by atoms with Gasteiger partial charge in [-0.25, -0.2) is 4.79 Å². The maximum atomic E-state index is 11.2. The van der Waals surface area contributed by atoms with Crippen LogP contribution in [0.5, 0.6) is 5.75 Å². The topological polar surface area (TPSA) is 61.5 Å². The minimum absolute atomic E-state index is 0.119. The molecule has 0 aromatic heterocycles. The number of esters is 1. The molecule has 0 radical (unpaired) electrons. The van der Waals surface area contributed by atoms with Gasteiger partial charge in [-0.15, -0.1) is 0 Å². The molecule has 0 heterocycles. The molecule has 2 N–H and O–H groups in total. The van der Waals surface area contributed by atoms with Crippen LogP contribution in [-0.2, 0) is 9.53 Å². The van der Waals surface area contributed by atoms with E-state index < -0.39 is 5.97 Å². The SMILES string of the molecule is Cc1ccc(N)c(OCC(=O)OC(C)C)c1. The predicted molar refractivity (Wildman–Crippen MR) is 62.3 cm³/mol. The fourth-order valence-electron chi connectivity index (χ4n) is 1.20. The lowest BCUT2D eigenvalue weighted by Crippen LogP contribution is -2.19. The Hall–Kier alpha value is -1.71. The molecule has 16 heavy (non-hydrogen) atoms. The number of carbonyl (C=O) groups is 1. The molecule has 4 heteroatoms. The smallest absolute Gasteiger partial charge is 0.344 e. The number of carbonyl (C=O) groups excluding carboxylic acids is 1. The molecule has 88 valence electrons. The average molecular weight is 223 g/mol. The van der Waals surface area contributed by atoms with E-state index in [4.69, 9.17) is 15.2 Å². The van der Waals surface area contributed by atoms with Crippen LogP contribution < -0.4 is 10.5 Å². The molecule has 0 fully saturated rings. The second kappa shape index (κ2) is 5.39. The molecule has 0 spiro atoms. The Morgan fingerprint density at radius 3 is 2.75 bits per heavy atom. The van der Waals surface area contributed by atoms with Crippen LogP contribution in [0.15, 0.2) is 18.2 Å². The van der Waals surface area contributed by atoms with Crippen molar-refractivity contribution in [1.82, 2.24) is 0 Å². The van der Waals surface area contributed by atoms with Gasteiger partial charge in [-0.1, -0.05) is 6.07 Å². The van der Waals surface area contributed by atoms with Gasteiger partial charge in [0.25, 0.3) is 0 Å². The molecule has 0 aliphatic rings. The quantitative estimate of drug-likeness (QED) is 0.625. The van der Waals surface area contributed by atoms with Crippen molar-refractivity contribution in [2.75, 3.05) is 12.3 Å². The van der Waals surface area contributed by atoms with Gasteiger partial charge in [-0.05, 0) is 38.5 Å². The van der Waals surface area contributed by atoms with Gasteiger partial charge < -0.3 is 15.2 Å². The summed E-state index contributed by atoms with van der Waals surface area (Å²) >= 11 is 0. The summed E-state index contributed by atoms with van der Waals surface area (Å²) < 4.78 is 10.2. The third-order valence-electron chi connectivity index (χ3n) is 1.88. The molecule has 1 aromatic rings. The summed E-state index contributed by atoms with van der Waals surface area (Å²) in [6.45, 7) is 5.39. The number of nitrogens with two attached hydrogens (primary N) is 1. The number of aryl methyl sites for hydroxylation is 1. The fraction of sp³-hybridized carbons (Fsp3) is 0.417. The van der Waals surface area contributed by atoms with E-state index in [2.05, 4.69) is 0 Å². The summed E-state index contributed by atoms with van der Waals surface area (Å²) in [7, 11) is 0. The third-order valence-corrected chi connectivity index (χ3v) is 1.88. The molecule has 0 saturated carbocycles. The molecule has 0 bridgehead atoms. The van der Waals surface area contributed by atoms with E-state index in [9.17, 15) is 4.79 Å². The van der Waals surface area contributed by atoms with Gasteiger partial charge in [0.2, 0.25) is 0 Å². The van der Waals surface area contributed by atoms with E-state index in [1.807, 2.05) is 13.0 Å². The predicted octanol–water partition coefficient (Wildman–Crippen LogP) is 1.91. The molecule has 0 unspecified atom stereocenters. The third kappa shape index (κ3) is 3.81. The number of hydrogen-bond donors (Lipinski definition) is 1. The molecular formula is C12H17NO3. The van der Waals surface area contributed by atoms with Crippen LogP contribution in [0.3, 0.4) is 0 Å². The Bertz CT molecular complexity index is 375. The minimum atomic E-state index is -0.393. The second-order valence-corrected chi connectivity index (χ2v) is 3.87. The van der Waals surface area contributed by atoms with Crippen LogP contribution >= 0.6 is 0 Å². The van der Waals surface area contributed by atoms with Gasteiger partial charge in [0.05, 0.1) is 11.8 Å². The van der Waals surface area contributed by atoms with Gasteiger partial charge in [-0.3, -0.25) is 0 Å². The van der Waals surface area contributed by atoms with E-state index >= 15 is 0 Å². The average Bonchev–Trinajstić information content (AvgIpc) is 2.18. The van der Waals surface area contributed by atoms with Crippen molar-refractivity contribution in [3.05, 3.63) is 23.8 Å². The molecule has 0 saturated heterocycles. The lowest BCUT2D eigenvalue weighted by Gasteiger charge is -2.11. The van der Waals surface area contributed by atoms with Crippen LogP contribution in [-0.4, -0.2) is 18.7 Å². The molecule has 0 amide bonds. The van der Waals surface area contributed by atoms with Gasteiger partial charge in [-0.2, -0.15) is 0 Å². The van der Waals surface area contributed by atoms with E-state index in [1.54, 1.807) is 26.0 Å². The van der Waals surface area contributed by atoms with Crippen molar-refractivity contribution in [1.29, 1.82) is 0 Å². The highest BCUT2D eigenvalue weighted by Crippen LogP contribution is 2.22. The first kappa shape index (κ1) is 12.4. The van der Waals surface area contributed by atoms with E-state index in [0.717, 1.165) is 5.56 Å². The van der Waals surface area contributed by atoms with Gasteiger partial charge in [0, 0.05) is 0 Å². The Morgan fingerprint density at radius 2 is 2.12 bits per heavy atom. The van der Waals surface area contributed by atoms with Crippen LogP contribution in [0, 0.1) is 6.92 Å².